The molecule has 140 valence electrons. The first-order valence-corrected chi connectivity index (χ1v) is 10.2. The number of hydrogen-bond donors (Lipinski definition) is 0. The fourth-order valence-electron chi connectivity index (χ4n) is 2.88. The Morgan fingerprint density at radius 3 is 2.60 bits per heavy atom. The summed E-state index contributed by atoms with van der Waals surface area (Å²) in [5.74, 6) is 1.27. The summed E-state index contributed by atoms with van der Waals surface area (Å²) in [6, 6.07) is 3.52. The van der Waals surface area contributed by atoms with Gasteiger partial charge in [-0.05, 0) is 11.3 Å². The number of ketones is 1. The smallest absolute Gasteiger partial charge is 0.250 e. The third-order valence-electron chi connectivity index (χ3n) is 4.54. The standard InChI is InChI=1S/C19H30N2O3S/c1-4-25-18(13-17(22)15(2)3)16-5-6-19(23)21(14-16)8-7-20-9-11-24-12-10-20/h5-6,14-15,18H,4,7-13H2,1-3H3. The van der Waals surface area contributed by atoms with E-state index in [1.54, 1.807) is 22.4 Å². The van der Waals surface area contributed by atoms with E-state index >= 15 is 0 Å². The van der Waals surface area contributed by atoms with Gasteiger partial charge in [0.15, 0.2) is 0 Å². The average Bonchev–Trinajstić information content (AvgIpc) is 2.61. The minimum absolute atomic E-state index is 0.0208. The topological polar surface area (TPSA) is 51.5 Å². The first kappa shape index (κ1) is 20.2. The van der Waals surface area contributed by atoms with Gasteiger partial charge in [0.25, 0.3) is 5.56 Å². The van der Waals surface area contributed by atoms with Crippen LogP contribution in [0.5, 0.6) is 0 Å². The van der Waals surface area contributed by atoms with Crippen molar-refractivity contribution in [2.45, 2.75) is 39.0 Å². The molecular weight excluding hydrogens is 336 g/mol. The molecule has 0 saturated carbocycles. The Morgan fingerprint density at radius 1 is 1.24 bits per heavy atom. The second-order valence-corrected chi connectivity index (χ2v) is 8.20. The summed E-state index contributed by atoms with van der Waals surface area (Å²) in [7, 11) is 0. The number of hydrogen-bond acceptors (Lipinski definition) is 5. The van der Waals surface area contributed by atoms with Gasteiger partial charge < -0.3 is 9.30 Å². The van der Waals surface area contributed by atoms with Gasteiger partial charge >= 0.3 is 0 Å². The van der Waals surface area contributed by atoms with E-state index in [-0.39, 0.29) is 22.5 Å². The zero-order valence-corrected chi connectivity index (χ0v) is 16.4. The van der Waals surface area contributed by atoms with Crippen molar-refractivity contribution in [3.05, 3.63) is 34.2 Å². The predicted molar refractivity (Wildman–Crippen MR) is 103 cm³/mol. The van der Waals surface area contributed by atoms with E-state index in [2.05, 4.69) is 11.8 Å². The molecule has 1 fully saturated rings. The van der Waals surface area contributed by atoms with Crippen molar-refractivity contribution in [3.63, 3.8) is 0 Å². The third-order valence-corrected chi connectivity index (χ3v) is 5.71. The van der Waals surface area contributed by atoms with Crippen LogP contribution >= 0.6 is 11.8 Å². The van der Waals surface area contributed by atoms with Crippen molar-refractivity contribution in [1.29, 1.82) is 0 Å². The second kappa shape index (κ2) is 10.1. The van der Waals surface area contributed by atoms with Crippen LogP contribution in [0.4, 0.5) is 0 Å². The first-order chi connectivity index (χ1) is 12.0. The van der Waals surface area contributed by atoms with Crippen LogP contribution in [-0.4, -0.2) is 53.9 Å². The second-order valence-electron chi connectivity index (χ2n) is 6.72. The highest BCUT2D eigenvalue weighted by Gasteiger charge is 2.19. The minimum Gasteiger partial charge on any atom is -0.379 e. The number of rotatable bonds is 9. The number of carbonyl (C=O) groups excluding carboxylic acids is 1. The molecule has 1 unspecified atom stereocenters. The lowest BCUT2D eigenvalue weighted by atomic mass is 10.0. The van der Waals surface area contributed by atoms with Gasteiger partial charge in [-0.3, -0.25) is 14.5 Å². The largest absolute Gasteiger partial charge is 0.379 e. The zero-order valence-electron chi connectivity index (χ0n) is 15.6. The fraction of sp³-hybridized carbons (Fsp3) is 0.684. The van der Waals surface area contributed by atoms with Gasteiger partial charge in [0.05, 0.1) is 13.2 Å². The SMILES string of the molecule is CCSC(CC(=O)C(C)C)c1ccc(=O)n(CCN2CCOCC2)c1. The molecule has 0 N–H and O–H groups in total. The summed E-state index contributed by atoms with van der Waals surface area (Å²) in [4.78, 5) is 26.7. The van der Waals surface area contributed by atoms with Gasteiger partial charge in [-0.1, -0.05) is 26.8 Å². The van der Waals surface area contributed by atoms with E-state index in [1.165, 1.54) is 0 Å². The van der Waals surface area contributed by atoms with Gasteiger partial charge in [0.2, 0.25) is 0 Å². The quantitative estimate of drug-likeness (QED) is 0.672. The van der Waals surface area contributed by atoms with Crippen LogP contribution < -0.4 is 5.56 Å². The molecular formula is C19H30N2O3S. The molecule has 1 aliphatic heterocycles. The summed E-state index contributed by atoms with van der Waals surface area (Å²) in [5, 5.41) is 0.120. The van der Waals surface area contributed by atoms with E-state index in [0.29, 0.717) is 13.0 Å². The van der Waals surface area contributed by atoms with Crippen molar-refractivity contribution >= 4 is 17.5 Å². The number of morpholine rings is 1. The highest BCUT2D eigenvalue weighted by atomic mass is 32.2. The molecule has 0 bridgehead atoms. The molecule has 0 radical (unpaired) electrons. The van der Waals surface area contributed by atoms with Gasteiger partial charge in [-0.25, -0.2) is 0 Å². The summed E-state index contributed by atoms with van der Waals surface area (Å²) in [5.41, 5.74) is 1.09. The van der Waals surface area contributed by atoms with Crippen molar-refractivity contribution in [2.75, 3.05) is 38.6 Å². The number of ether oxygens (including phenoxy) is 1. The van der Waals surface area contributed by atoms with Gasteiger partial charge in [-0.2, -0.15) is 11.8 Å². The predicted octanol–water partition coefficient (Wildman–Crippen LogP) is 2.59. The number of carbonyl (C=O) groups is 1. The molecule has 0 aromatic carbocycles. The van der Waals surface area contributed by atoms with E-state index in [4.69, 9.17) is 4.74 Å². The number of aromatic nitrogens is 1. The van der Waals surface area contributed by atoms with Crippen LogP contribution in [0.3, 0.4) is 0 Å². The Kier molecular flexibility index (Phi) is 8.19. The van der Waals surface area contributed by atoms with Crippen LogP contribution in [0.15, 0.2) is 23.1 Å². The van der Waals surface area contributed by atoms with E-state index in [9.17, 15) is 9.59 Å². The molecule has 2 heterocycles. The maximum atomic E-state index is 12.2. The monoisotopic (exact) mass is 366 g/mol. The Morgan fingerprint density at radius 2 is 1.96 bits per heavy atom. The van der Waals surface area contributed by atoms with E-state index < -0.39 is 0 Å². The zero-order chi connectivity index (χ0) is 18.2. The molecule has 1 aliphatic rings. The lowest BCUT2D eigenvalue weighted by Gasteiger charge is -2.27. The van der Waals surface area contributed by atoms with Crippen molar-refractivity contribution < 1.29 is 9.53 Å². The summed E-state index contributed by atoms with van der Waals surface area (Å²) >= 11 is 1.77. The van der Waals surface area contributed by atoms with Crippen molar-refractivity contribution in [2.24, 2.45) is 5.92 Å². The van der Waals surface area contributed by atoms with Gasteiger partial charge in [0, 0.05) is 56.0 Å². The molecule has 2 rings (SSSR count). The molecule has 5 nitrogen and oxygen atoms in total. The highest BCUT2D eigenvalue weighted by Crippen LogP contribution is 2.32. The van der Waals surface area contributed by atoms with Crippen LogP contribution in [0.2, 0.25) is 0 Å². The van der Waals surface area contributed by atoms with Gasteiger partial charge in [0.1, 0.15) is 5.78 Å². The average molecular weight is 367 g/mol. The number of Topliss-reactive ketones (excluding diaryl/α,β-unsaturated/α-hetero) is 1. The normalized spacial score (nSPS) is 17.0. The lowest BCUT2D eigenvalue weighted by Crippen LogP contribution is -2.39. The molecule has 0 amide bonds. The summed E-state index contributed by atoms with van der Waals surface area (Å²) < 4.78 is 7.15. The molecule has 1 aromatic rings. The molecule has 1 atom stereocenters. The molecule has 0 spiro atoms. The maximum absolute atomic E-state index is 12.2. The minimum atomic E-state index is 0.0208. The molecule has 25 heavy (non-hydrogen) atoms. The first-order valence-electron chi connectivity index (χ1n) is 9.16. The van der Waals surface area contributed by atoms with Crippen LogP contribution in [-0.2, 0) is 16.1 Å². The Hall–Kier alpha value is -1.11. The highest BCUT2D eigenvalue weighted by molar-refractivity contribution is 7.99. The number of nitrogens with zero attached hydrogens (tertiary/aromatic N) is 2. The van der Waals surface area contributed by atoms with Crippen LogP contribution in [0.1, 0.15) is 38.0 Å². The lowest BCUT2D eigenvalue weighted by molar-refractivity contribution is -0.121. The van der Waals surface area contributed by atoms with Crippen molar-refractivity contribution in [3.8, 4) is 0 Å². The maximum Gasteiger partial charge on any atom is 0.250 e. The van der Waals surface area contributed by atoms with E-state index in [0.717, 1.165) is 44.2 Å². The van der Waals surface area contributed by atoms with Crippen LogP contribution in [0.25, 0.3) is 0 Å². The Labute approximate surface area is 154 Å². The molecule has 0 aliphatic carbocycles. The fourth-order valence-corrected chi connectivity index (χ4v) is 3.90. The van der Waals surface area contributed by atoms with E-state index in [1.807, 2.05) is 26.1 Å². The van der Waals surface area contributed by atoms with Crippen LogP contribution in [0, 0.1) is 5.92 Å². The number of pyridine rings is 1. The summed E-state index contributed by atoms with van der Waals surface area (Å²) in [6.07, 6.45) is 2.47. The number of thioether (sulfide) groups is 1. The molecule has 1 saturated heterocycles. The Balaban J connectivity index is 2.08. The van der Waals surface area contributed by atoms with Crippen molar-refractivity contribution in [1.82, 2.24) is 9.47 Å². The molecule has 1 aromatic heterocycles. The van der Waals surface area contributed by atoms with Gasteiger partial charge in [-0.15, -0.1) is 0 Å². The Bertz CT molecular complexity index is 609. The molecule has 6 heteroatoms. The summed E-state index contributed by atoms with van der Waals surface area (Å²) in [6.45, 7) is 10.9. The third kappa shape index (κ3) is 6.28.